The van der Waals surface area contributed by atoms with Crippen LogP contribution in [0.5, 0.6) is 0 Å². The molecule has 1 saturated heterocycles. The summed E-state index contributed by atoms with van der Waals surface area (Å²) in [5.41, 5.74) is 1.02. The molecule has 28 heavy (non-hydrogen) atoms. The topological polar surface area (TPSA) is 67.6 Å². The third-order valence-corrected chi connectivity index (χ3v) is 6.07. The third kappa shape index (κ3) is 2.71. The zero-order valence-electron chi connectivity index (χ0n) is 15.9. The van der Waals surface area contributed by atoms with E-state index >= 15 is 0 Å². The van der Waals surface area contributed by atoms with Crippen molar-refractivity contribution in [1.29, 1.82) is 0 Å². The summed E-state index contributed by atoms with van der Waals surface area (Å²) in [4.78, 5) is 41.3. The van der Waals surface area contributed by atoms with Crippen LogP contribution in [0.4, 0.5) is 5.69 Å². The van der Waals surface area contributed by atoms with E-state index < -0.39 is 11.8 Å². The van der Waals surface area contributed by atoms with Gasteiger partial charge in [-0.1, -0.05) is 37.5 Å². The number of hydrogen-bond donors (Lipinski definition) is 0. The van der Waals surface area contributed by atoms with Crippen LogP contribution in [0.3, 0.4) is 0 Å². The molecule has 7 nitrogen and oxygen atoms in total. The lowest BCUT2D eigenvalue weighted by molar-refractivity contribution is -0.140. The zero-order chi connectivity index (χ0) is 20.0. The molecule has 0 N–H and O–H groups in total. The highest BCUT2D eigenvalue weighted by molar-refractivity contribution is 7.80. The average molecular weight is 398 g/mol. The highest BCUT2D eigenvalue weighted by Gasteiger charge is 2.47. The van der Waals surface area contributed by atoms with Gasteiger partial charge in [-0.3, -0.25) is 24.0 Å². The molecule has 0 radical (unpaired) electrons. The number of aromatic nitrogens is 2. The fraction of sp³-hybridized carbons (Fsp3) is 0.400. The molecule has 2 aromatic rings. The quantitative estimate of drug-likeness (QED) is 0.588. The van der Waals surface area contributed by atoms with Crippen molar-refractivity contribution in [1.82, 2.24) is 14.3 Å². The monoisotopic (exact) mass is 398 g/mol. The van der Waals surface area contributed by atoms with Crippen LogP contribution in [0.25, 0.3) is 5.69 Å². The van der Waals surface area contributed by atoms with Gasteiger partial charge in [-0.05, 0) is 44.1 Å². The molecule has 146 valence electrons. The minimum Gasteiger partial charge on any atom is -0.283 e. The number of benzene rings is 1. The van der Waals surface area contributed by atoms with Gasteiger partial charge in [0.15, 0.2) is 5.11 Å². The zero-order valence-corrected chi connectivity index (χ0v) is 16.7. The molecule has 2 aliphatic rings. The molecule has 1 aliphatic heterocycles. The van der Waals surface area contributed by atoms with Crippen molar-refractivity contribution in [2.75, 3.05) is 4.90 Å². The fourth-order valence-corrected chi connectivity index (χ4v) is 4.56. The lowest BCUT2D eigenvalue weighted by atomic mass is 9.94. The second-order valence-corrected chi connectivity index (χ2v) is 7.67. The maximum absolute atomic E-state index is 13.2. The van der Waals surface area contributed by atoms with Crippen molar-refractivity contribution < 1.29 is 9.59 Å². The van der Waals surface area contributed by atoms with Crippen LogP contribution in [0, 0.1) is 6.92 Å². The Balaban J connectivity index is 1.79. The van der Waals surface area contributed by atoms with Gasteiger partial charge in [-0.2, -0.15) is 0 Å². The van der Waals surface area contributed by atoms with Crippen LogP contribution in [-0.2, 0) is 16.6 Å². The van der Waals surface area contributed by atoms with Crippen molar-refractivity contribution >= 4 is 34.8 Å². The summed E-state index contributed by atoms with van der Waals surface area (Å²) in [6.45, 7) is 1.75. The van der Waals surface area contributed by atoms with Crippen molar-refractivity contribution in [3.8, 4) is 5.69 Å². The first-order chi connectivity index (χ1) is 13.4. The maximum atomic E-state index is 13.2. The summed E-state index contributed by atoms with van der Waals surface area (Å²) in [6, 6.07) is 9.10. The van der Waals surface area contributed by atoms with E-state index in [4.69, 9.17) is 12.2 Å². The Morgan fingerprint density at radius 1 is 0.964 bits per heavy atom. The average Bonchev–Trinajstić information content (AvgIpc) is 3.06. The maximum Gasteiger partial charge on any atom is 0.323 e. The van der Waals surface area contributed by atoms with Crippen LogP contribution >= 0.6 is 12.2 Å². The molecule has 2 fully saturated rings. The van der Waals surface area contributed by atoms with E-state index in [1.807, 2.05) is 30.3 Å². The first-order valence-electron chi connectivity index (χ1n) is 9.49. The van der Waals surface area contributed by atoms with Gasteiger partial charge in [-0.25, -0.2) is 9.58 Å². The van der Waals surface area contributed by atoms with E-state index in [-0.39, 0.29) is 22.4 Å². The number of thiocarbonyl (C=S) groups is 1. The Labute approximate surface area is 168 Å². The van der Waals surface area contributed by atoms with Gasteiger partial charge in [0, 0.05) is 13.1 Å². The molecular formula is C20H22N4O3S. The smallest absolute Gasteiger partial charge is 0.283 e. The van der Waals surface area contributed by atoms with E-state index in [2.05, 4.69) is 0 Å². The minimum absolute atomic E-state index is 0.0666. The number of hydrogen-bond acceptors (Lipinski definition) is 4. The number of para-hydroxylation sites is 1. The summed E-state index contributed by atoms with van der Waals surface area (Å²) >= 11 is 5.52. The Morgan fingerprint density at radius 3 is 2.25 bits per heavy atom. The van der Waals surface area contributed by atoms with Gasteiger partial charge in [0.25, 0.3) is 5.56 Å². The van der Waals surface area contributed by atoms with Gasteiger partial charge in [-0.15, -0.1) is 0 Å². The second-order valence-electron chi connectivity index (χ2n) is 7.30. The highest BCUT2D eigenvalue weighted by Crippen LogP contribution is 2.30. The Hall–Kier alpha value is -2.74. The molecule has 1 aromatic carbocycles. The molecule has 1 saturated carbocycles. The first kappa shape index (κ1) is 18.6. The SMILES string of the molecule is Cc1c(N2C(=O)C(=O)N(C3CCCCC3)C2=S)c(=O)n(-c2ccccc2)n1C. The van der Waals surface area contributed by atoms with Gasteiger partial charge >= 0.3 is 11.8 Å². The molecular weight excluding hydrogens is 376 g/mol. The van der Waals surface area contributed by atoms with Crippen LogP contribution in [0.2, 0.25) is 0 Å². The van der Waals surface area contributed by atoms with Gasteiger partial charge in [0.2, 0.25) is 0 Å². The van der Waals surface area contributed by atoms with Crippen LogP contribution in [0.1, 0.15) is 37.8 Å². The van der Waals surface area contributed by atoms with Crippen LogP contribution in [-0.4, -0.2) is 37.2 Å². The number of nitrogens with zero attached hydrogens (tertiary/aromatic N) is 4. The van der Waals surface area contributed by atoms with Gasteiger partial charge in [0.05, 0.1) is 11.4 Å². The summed E-state index contributed by atoms with van der Waals surface area (Å²) in [6.07, 6.45) is 4.80. The van der Waals surface area contributed by atoms with E-state index in [9.17, 15) is 14.4 Å². The largest absolute Gasteiger partial charge is 0.323 e. The van der Waals surface area contributed by atoms with Gasteiger partial charge < -0.3 is 0 Å². The van der Waals surface area contributed by atoms with Crippen molar-refractivity contribution in [3.05, 3.63) is 46.4 Å². The normalized spacial score (nSPS) is 18.4. The van der Waals surface area contributed by atoms with Gasteiger partial charge in [0.1, 0.15) is 5.69 Å². The summed E-state index contributed by atoms with van der Waals surface area (Å²) < 4.78 is 3.16. The molecule has 0 bridgehead atoms. The Kier molecular flexibility index (Phi) is 4.66. The minimum atomic E-state index is -0.749. The van der Waals surface area contributed by atoms with E-state index in [1.54, 1.807) is 18.7 Å². The standard InChI is InChI=1S/C20H22N4O3S/c1-13-16(17(25)24(21(13)2)15-11-7-4-8-12-15)23-19(27)18(26)22(20(23)28)14-9-5-3-6-10-14/h4,7-8,11-12,14H,3,5-6,9-10H2,1-2H3. The molecule has 4 rings (SSSR count). The number of carbonyl (C=O) groups excluding carboxylic acids is 2. The third-order valence-electron chi connectivity index (χ3n) is 5.69. The predicted octanol–water partition coefficient (Wildman–Crippen LogP) is 2.28. The lowest BCUT2D eigenvalue weighted by Crippen LogP contribution is -2.42. The van der Waals surface area contributed by atoms with Crippen molar-refractivity contribution in [2.24, 2.45) is 7.05 Å². The molecule has 0 spiro atoms. The van der Waals surface area contributed by atoms with E-state index in [0.29, 0.717) is 11.4 Å². The lowest BCUT2D eigenvalue weighted by Gasteiger charge is -2.30. The molecule has 2 amide bonds. The molecule has 8 heteroatoms. The molecule has 0 unspecified atom stereocenters. The van der Waals surface area contributed by atoms with Crippen molar-refractivity contribution in [2.45, 2.75) is 45.1 Å². The predicted molar refractivity (Wildman–Crippen MR) is 110 cm³/mol. The second kappa shape index (κ2) is 7.01. The summed E-state index contributed by atoms with van der Waals surface area (Å²) in [7, 11) is 1.75. The molecule has 0 atom stereocenters. The summed E-state index contributed by atoms with van der Waals surface area (Å²) in [5, 5.41) is 0.118. The number of amides is 2. The Bertz CT molecular complexity index is 1020. The fourth-order valence-electron chi connectivity index (χ4n) is 4.15. The van der Waals surface area contributed by atoms with E-state index in [1.165, 1.54) is 9.58 Å². The molecule has 2 heterocycles. The Morgan fingerprint density at radius 2 is 1.61 bits per heavy atom. The van der Waals surface area contributed by atoms with Crippen molar-refractivity contribution in [3.63, 3.8) is 0 Å². The molecule has 1 aliphatic carbocycles. The van der Waals surface area contributed by atoms with Crippen LogP contribution in [0.15, 0.2) is 35.1 Å². The first-order valence-corrected chi connectivity index (χ1v) is 9.90. The van der Waals surface area contributed by atoms with Crippen LogP contribution < -0.4 is 10.5 Å². The number of rotatable bonds is 3. The van der Waals surface area contributed by atoms with E-state index in [0.717, 1.165) is 37.0 Å². The summed E-state index contributed by atoms with van der Waals surface area (Å²) in [5.74, 6) is -1.38. The molecule has 1 aromatic heterocycles. The number of carbonyl (C=O) groups is 2. The highest BCUT2D eigenvalue weighted by atomic mass is 32.1. The number of anilines is 1.